The number of amides is 1. The van der Waals surface area contributed by atoms with Crippen LogP contribution in [0.2, 0.25) is 5.02 Å². The lowest BCUT2D eigenvalue weighted by Crippen LogP contribution is -2.44. The number of carbonyl (C=O) groups excluding carboxylic acids is 1. The van der Waals surface area contributed by atoms with Crippen molar-refractivity contribution in [3.8, 4) is 5.82 Å². The van der Waals surface area contributed by atoms with Crippen molar-refractivity contribution in [1.82, 2.24) is 25.0 Å². The highest BCUT2D eigenvalue weighted by atomic mass is 35.5. The molecule has 4 heterocycles. The Bertz CT molecular complexity index is 848. The molecule has 0 aromatic carbocycles. The van der Waals surface area contributed by atoms with Crippen molar-refractivity contribution in [2.45, 2.75) is 25.7 Å². The average molecular weight is 469 g/mol. The molecular weight excluding hydrogens is 447 g/mol. The first-order chi connectivity index (χ1) is 13.0. The Labute approximate surface area is 184 Å². The van der Waals surface area contributed by atoms with Crippen molar-refractivity contribution in [1.29, 1.82) is 0 Å². The van der Waals surface area contributed by atoms with Crippen molar-refractivity contribution < 1.29 is 13.6 Å². The monoisotopic (exact) mass is 467 g/mol. The summed E-state index contributed by atoms with van der Waals surface area (Å²) in [5.41, 5.74) is -0.316. The molecule has 2 aliphatic heterocycles. The fraction of sp³-hybridized carbons (Fsp3) is 0.500. The first kappa shape index (κ1) is 23.8. The molecule has 160 valence electrons. The molecule has 2 aromatic heterocycles. The lowest BCUT2D eigenvalue weighted by molar-refractivity contribution is 0.0596. The number of piperidine rings is 1. The SMILES string of the molecule is Cl.Cl.O=C(c1cnn(-c2ncccc2Cl)c1C(F)F)N1CCC2(CCNC2)CC1. The second-order valence-electron chi connectivity index (χ2n) is 7.18. The quantitative estimate of drug-likeness (QED) is 0.742. The van der Waals surface area contributed by atoms with Crippen molar-refractivity contribution in [2.24, 2.45) is 5.41 Å². The molecule has 4 rings (SSSR count). The highest BCUT2D eigenvalue weighted by Crippen LogP contribution is 2.38. The van der Waals surface area contributed by atoms with Gasteiger partial charge in [0.25, 0.3) is 12.3 Å². The fourth-order valence-electron chi connectivity index (χ4n) is 4.01. The molecule has 0 unspecified atom stereocenters. The summed E-state index contributed by atoms with van der Waals surface area (Å²) in [6, 6.07) is 3.15. The number of alkyl halides is 2. The van der Waals surface area contributed by atoms with Crippen LogP contribution in [0.15, 0.2) is 24.5 Å². The van der Waals surface area contributed by atoms with Gasteiger partial charge in [-0.3, -0.25) is 4.79 Å². The number of aromatic nitrogens is 3. The normalized spacial score (nSPS) is 17.9. The number of hydrogen-bond acceptors (Lipinski definition) is 4. The maximum Gasteiger partial charge on any atom is 0.281 e. The van der Waals surface area contributed by atoms with Crippen LogP contribution in [0.1, 0.15) is 41.7 Å². The van der Waals surface area contributed by atoms with Crippen LogP contribution < -0.4 is 5.32 Å². The molecule has 0 atom stereocenters. The molecular formula is C18H22Cl3F2N5O. The predicted molar refractivity (Wildman–Crippen MR) is 111 cm³/mol. The minimum Gasteiger partial charge on any atom is -0.338 e. The minimum atomic E-state index is -2.88. The van der Waals surface area contributed by atoms with E-state index in [1.54, 1.807) is 17.0 Å². The number of hydrogen-bond donors (Lipinski definition) is 1. The second-order valence-corrected chi connectivity index (χ2v) is 7.59. The van der Waals surface area contributed by atoms with E-state index in [9.17, 15) is 13.6 Å². The molecule has 29 heavy (non-hydrogen) atoms. The molecule has 1 spiro atoms. The van der Waals surface area contributed by atoms with Gasteiger partial charge in [0.05, 0.1) is 16.8 Å². The van der Waals surface area contributed by atoms with Crippen molar-refractivity contribution in [2.75, 3.05) is 26.2 Å². The van der Waals surface area contributed by atoms with Crippen LogP contribution >= 0.6 is 36.4 Å². The zero-order valence-electron chi connectivity index (χ0n) is 15.5. The Morgan fingerprint density at radius 3 is 2.55 bits per heavy atom. The van der Waals surface area contributed by atoms with E-state index in [0.29, 0.717) is 13.1 Å². The number of carbonyl (C=O) groups is 1. The number of rotatable bonds is 3. The largest absolute Gasteiger partial charge is 0.338 e. The number of pyridine rings is 1. The lowest BCUT2D eigenvalue weighted by atomic mass is 9.78. The van der Waals surface area contributed by atoms with Crippen LogP contribution in [-0.4, -0.2) is 51.8 Å². The fourth-order valence-corrected chi connectivity index (χ4v) is 4.21. The number of likely N-dealkylation sites (tertiary alicyclic amines) is 1. The van der Waals surface area contributed by atoms with Gasteiger partial charge in [0.1, 0.15) is 5.69 Å². The van der Waals surface area contributed by atoms with E-state index in [2.05, 4.69) is 15.4 Å². The van der Waals surface area contributed by atoms with E-state index in [-0.39, 0.29) is 46.6 Å². The molecule has 1 amide bonds. The smallest absolute Gasteiger partial charge is 0.281 e. The maximum absolute atomic E-state index is 13.8. The van der Waals surface area contributed by atoms with Gasteiger partial charge in [-0.05, 0) is 43.4 Å². The highest BCUT2D eigenvalue weighted by molar-refractivity contribution is 6.32. The van der Waals surface area contributed by atoms with E-state index in [4.69, 9.17) is 11.6 Å². The Balaban J connectivity index is 0.00000150. The molecule has 0 radical (unpaired) electrons. The summed E-state index contributed by atoms with van der Waals surface area (Å²) in [6.07, 6.45) is 2.63. The topological polar surface area (TPSA) is 63.1 Å². The van der Waals surface area contributed by atoms with Gasteiger partial charge in [0.2, 0.25) is 0 Å². The van der Waals surface area contributed by atoms with Crippen molar-refractivity contribution in [3.05, 3.63) is 40.8 Å². The van der Waals surface area contributed by atoms with Crippen LogP contribution in [0.3, 0.4) is 0 Å². The molecule has 0 saturated carbocycles. The second kappa shape index (κ2) is 9.55. The summed E-state index contributed by atoms with van der Waals surface area (Å²) >= 11 is 6.07. The van der Waals surface area contributed by atoms with Gasteiger partial charge in [-0.1, -0.05) is 11.6 Å². The maximum atomic E-state index is 13.8. The standard InChI is InChI=1S/C18H20ClF2N5O.2ClH/c19-13-2-1-6-23-16(13)26-14(15(20)21)12(10-24-26)17(27)25-8-4-18(5-9-25)3-7-22-11-18;;/h1-2,6,10,15,22H,3-5,7-9,11H2;2*1H. The van der Waals surface area contributed by atoms with Gasteiger partial charge in [-0.2, -0.15) is 5.10 Å². The summed E-state index contributed by atoms with van der Waals surface area (Å²) in [6.45, 7) is 3.10. The average Bonchev–Trinajstić information content (AvgIpc) is 3.30. The van der Waals surface area contributed by atoms with Gasteiger partial charge in [0.15, 0.2) is 5.82 Å². The van der Waals surface area contributed by atoms with Gasteiger partial charge < -0.3 is 10.2 Å². The van der Waals surface area contributed by atoms with Crippen LogP contribution in [-0.2, 0) is 0 Å². The molecule has 6 nitrogen and oxygen atoms in total. The number of nitrogens with zero attached hydrogens (tertiary/aromatic N) is 4. The zero-order valence-corrected chi connectivity index (χ0v) is 17.9. The predicted octanol–water partition coefficient (Wildman–Crippen LogP) is 3.92. The summed E-state index contributed by atoms with van der Waals surface area (Å²) in [5, 5.41) is 7.55. The van der Waals surface area contributed by atoms with Crippen molar-refractivity contribution >= 4 is 42.3 Å². The van der Waals surface area contributed by atoms with Gasteiger partial charge in [-0.15, -0.1) is 24.8 Å². The van der Waals surface area contributed by atoms with E-state index < -0.39 is 18.0 Å². The summed E-state index contributed by atoms with van der Waals surface area (Å²) in [7, 11) is 0. The van der Waals surface area contributed by atoms with E-state index >= 15 is 0 Å². The van der Waals surface area contributed by atoms with Crippen molar-refractivity contribution in [3.63, 3.8) is 0 Å². The van der Waals surface area contributed by atoms with E-state index in [1.165, 1.54) is 12.4 Å². The summed E-state index contributed by atoms with van der Waals surface area (Å²) in [5.74, 6) is -0.326. The van der Waals surface area contributed by atoms with Gasteiger partial charge in [-0.25, -0.2) is 18.4 Å². The summed E-state index contributed by atoms with van der Waals surface area (Å²) < 4.78 is 28.6. The third-order valence-corrected chi connectivity index (χ3v) is 5.92. The van der Waals surface area contributed by atoms with Gasteiger partial charge >= 0.3 is 0 Å². The Kier molecular flexibility index (Phi) is 7.84. The first-order valence-corrected chi connectivity index (χ1v) is 9.35. The first-order valence-electron chi connectivity index (χ1n) is 8.98. The number of halogens is 5. The molecule has 2 saturated heterocycles. The Hall–Kier alpha value is -1.48. The molecule has 0 bridgehead atoms. The Morgan fingerprint density at radius 2 is 1.97 bits per heavy atom. The van der Waals surface area contributed by atoms with E-state index in [1.807, 2.05) is 0 Å². The summed E-state index contributed by atoms with van der Waals surface area (Å²) in [4.78, 5) is 18.6. The molecule has 2 aromatic rings. The molecule has 1 N–H and O–H groups in total. The van der Waals surface area contributed by atoms with Gasteiger partial charge in [0, 0.05) is 25.8 Å². The third-order valence-electron chi connectivity index (χ3n) is 5.63. The molecule has 2 aliphatic rings. The van der Waals surface area contributed by atoms with E-state index in [0.717, 1.165) is 37.0 Å². The van der Waals surface area contributed by atoms with Crippen LogP contribution in [0, 0.1) is 5.41 Å². The third kappa shape index (κ3) is 4.50. The molecule has 2 fully saturated rings. The van der Waals surface area contributed by atoms with Crippen LogP contribution in [0.25, 0.3) is 5.82 Å². The zero-order chi connectivity index (χ0) is 19.0. The Morgan fingerprint density at radius 1 is 1.24 bits per heavy atom. The van der Waals surface area contributed by atoms with Crippen LogP contribution in [0.4, 0.5) is 8.78 Å². The number of nitrogens with one attached hydrogen (secondary N) is 1. The highest BCUT2D eigenvalue weighted by Gasteiger charge is 2.39. The molecule has 0 aliphatic carbocycles. The lowest BCUT2D eigenvalue weighted by Gasteiger charge is -2.38. The molecule has 11 heteroatoms. The van der Waals surface area contributed by atoms with Crippen LogP contribution in [0.5, 0.6) is 0 Å². The minimum absolute atomic E-state index is 0.